The van der Waals surface area contributed by atoms with Gasteiger partial charge in [0.25, 0.3) is 0 Å². The fourth-order valence-corrected chi connectivity index (χ4v) is 1.87. The van der Waals surface area contributed by atoms with Crippen LogP contribution >= 0.6 is 12.2 Å². The van der Waals surface area contributed by atoms with Crippen molar-refractivity contribution in [3.05, 3.63) is 35.4 Å². The minimum Gasteiger partial charge on any atom is -0.466 e. The molecule has 0 fully saturated rings. The minimum atomic E-state index is -0.258. The molecule has 20 heavy (non-hydrogen) atoms. The van der Waals surface area contributed by atoms with Gasteiger partial charge in [0.05, 0.1) is 25.8 Å². The Kier molecular flexibility index (Phi) is 4.89. The van der Waals surface area contributed by atoms with E-state index in [0.29, 0.717) is 23.6 Å². The summed E-state index contributed by atoms with van der Waals surface area (Å²) in [5.41, 5.74) is 0.753. The van der Waals surface area contributed by atoms with Crippen LogP contribution in [0, 0.1) is 4.64 Å². The molecule has 0 saturated carbocycles. The van der Waals surface area contributed by atoms with Crippen LogP contribution < -0.4 is 0 Å². The summed E-state index contributed by atoms with van der Waals surface area (Å²) in [4.78, 5) is 19.6. The lowest BCUT2D eigenvalue weighted by atomic mass is 10.3. The van der Waals surface area contributed by atoms with E-state index in [1.54, 1.807) is 42.3 Å². The lowest BCUT2D eigenvalue weighted by Crippen LogP contribution is -2.12. The van der Waals surface area contributed by atoms with E-state index >= 15 is 0 Å². The molecule has 0 radical (unpaired) electrons. The van der Waals surface area contributed by atoms with Crippen molar-refractivity contribution in [1.29, 1.82) is 0 Å². The normalized spacial score (nSPS) is 10.2. The number of carbonyl (C=O) groups excluding carboxylic acids is 1. The predicted molar refractivity (Wildman–Crippen MR) is 75.3 cm³/mol. The monoisotopic (exact) mass is 290 g/mol. The first-order chi connectivity index (χ1) is 9.70. The van der Waals surface area contributed by atoms with Crippen LogP contribution in [0.25, 0.3) is 11.4 Å². The highest BCUT2D eigenvalue weighted by Crippen LogP contribution is 2.12. The molecule has 104 valence electrons. The highest BCUT2D eigenvalue weighted by atomic mass is 32.1. The summed E-state index contributed by atoms with van der Waals surface area (Å²) in [6.07, 6.45) is 5.20. The Bertz CT molecular complexity index is 642. The van der Waals surface area contributed by atoms with E-state index in [1.165, 1.54) is 0 Å². The van der Waals surface area contributed by atoms with Crippen molar-refractivity contribution in [3.63, 3.8) is 0 Å². The Morgan fingerprint density at radius 3 is 2.80 bits per heavy atom. The SMILES string of the molecule is CCOC(=O)CCn1ncc(-c2ncccn2)cc1=S. The average molecular weight is 290 g/mol. The van der Waals surface area contributed by atoms with Crippen molar-refractivity contribution in [3.8, 4) is 11.4 Å². The maximum atomic E-state index is 11.3. The Morgan fingerprint density at radius 2 is 2.15 bits per heavy atom. The quantitative estimate of drug-likeness (QED) is 0.620. The number of esters is 1. The fraction of sp³-hybridized carbons (Fsp3) is 0.308. The van der Waals surface area contributed by atoms with Crippen molar-refractivity contribution >= 4 is 18.2 Å². The number of aromatic nitrogens is 4. The number of aryl methyl sites for hydroxylation is 1. The van der Waals surface area contributed by atoms with Crippen LogP contribution in [0.15, 0.2) is 30.7 Å². The lowest BCUT2D eigenvalue weighted by Gasteiger charge is -2.06. The molecule has 0 aromatic carbocycles. The Hall–Kier alpha value is -2.15. The first-order valence-electron chi connectivity index (χ1n) is 6.21. The molecule has 6 nitrogen and oxygen atoms in total. The van der Waals surface area contributed by atoms with E-state index in [1.807, 2.05) is 0 Å². The molecule has 0 spiro atoms. The summed E-state index contributed by atoms with van der Waals surface area (Å²) in [5, 5.41) is 4.21. The number of rotatable bonds is 5. The molecule has 0 amide bonds. The third-order valence-corrected chi connectivity index (χ3v) is 2.86. The summed E-state index contributed by atoms with van der Waals surface area (Å²) in [6.45, 7) is 2.55. The number of ether oxygens (including phenoxy) is 1. The van der Waals surface area contributed by atoms with Crippen LogP contribution in [0.1, 0.15) is 13.3 Å². The maximum Gasteiger partial charge on any atom is 0.307 e. The Balaban J connectivity index is 2.11. The molecular weight excluding hydrogens is 276 g/mol. The zero-order valence-electron chi connectivity index (χ0n) is 11.0. The van der Waals surface area contributed by atoms with E-state index in [2.05, 4.69) is 15.1 Å². The molecular formula is C13H14N4O2S. The van der Waals surface area contributed by atoms with Crippen molar-refractivity contribution in [1.82, 2.24) is 19.7 Å². The smallest absolute Gasteiger partial charge is 0.307 e. The third kappa shape index (κ3) is 3.67. The molecule has 0 saturated heterocycles. The number of carbonyl (C=O) groups is 1. The molecule has 2 aromatic heterocycles. The molecule has 2 heterocycles. The van der Waals surface area contributed by atoms with E-state index in [0.717, 1.165) is 5.56 Å². The molecule has 0 aliphatic heterocycles. The van der Waals surface area contributed by atoms with Crippen LogP contribution in [0.3, 0.4) is 0 Å². The van der Waals surface area contributed by atoms with E-state index in [9.17, 15) is 4.79 Å². The number of hydrogen-bond acceptors (Lipinski definition) is 6. The van der Waals surface area contributed by atoms with Crippen molar-refractivity contribution in [2.45, 2.75) is 19.9 Å². The second-order valence-corrected chi connectivity index (χ2v) is 4.35. The second kappa shape index (κ2) is 6.85. The van der Waals surface area contributed by atoms with Crippen LogP contribution in [-0.4, -0.2) is 32.3 Å². The molecule has 7 heteroatoms. The largest absolute Gasteiger partial charge is 0.466 e. The molecule has 0 bridgehead atoms. The molecule has 2 rings (SSSR count). The van der Waals surface area contributed by atoms with Crippen LogP contribution in [0.2, 0.25) is 0 Å². The Morgan fingerprint density at radius 1 is 1.40 bits per heavy atom. The van der Waals surface area contributed by atoms with Gasteiger partial charge in [-0.2, -0.15) is 5.10 Å². The summed E-state index contributed by atoms with van der Waals surface area (Å²) < 4.78 is 6.97. The zero-order chi connectivity index (χ0) is 14.4. The van der Waals surface area contributed by atoms with Gasteiger partial charge in [0.15, 0.2) is 5.82 Å². The fourth-order valence-electron chi connectivity index (χ4n) is 1.60. The van der Waals surface area contributed by atoms with Gasteiger partial charge in [-0.3, -0.25) is 9.48 Å². The van der Waals surface area contributed by atoms with Crippen molar-refractivity contribution in [2.75, 3.05) is 6.61 Å². The average Bonchev–Trinajstić information content (AvgIpc) is 2.47. The highest BCUT2D eigenvalue weighted by molar-refractivity contribution is 7.71. The standard InChI is InChI=1S/C13H14N4O2S/c1-2-19-12(18)4-7-17-11(20)8-10(9-16-17)13-14-5-3-6-15-13/h3,5-6,8-9H,2,4,7H2,1H3. The van der Waals surface area contributed by atoms with Gasteiger partial charge < -0.3 is 4.74 Å². The highest BCUT2D eigenvalue weighted by Gasteiger charge is 2.05. The second-order valence-electron chi connectivity index (χ2n) is 3.93. The van der Waals surface area contributed by atoms with Gasteiger partial charge >= 0.3 is 5.97 Å². The summed E-state index contributed by atoms with van der Waals surface area (Å²) in [5.74, 6) is 0.315. The van der Waals surface area contributed by atoms with E-state index in [-0.39, 0.29) is 12.4 Å². The number of hydrogen-bond donors (Lipinski definition) is 0. The van der Waals surface area contributed by atoms with Gasteiger partial charge in [-0.1, -0.05) is 12.2 Å². The topological polar surface area (TPSA) is 69.9 Å². The molecule has 0 unspecified atom stereocenters. The maximum absolute atomic E-state index is 11.3. The number of nitrogens with zero attached hydrogens (tertiary/aromatic N) is 4. The van der Waals surface area contributed by atoms with Gasteiger partial charge in [0, 0.05) is 18.0 Å². The molecule has 2 aromatic rings. The molecule has 0 N–H and O–H groups in total. The summed E-state index contributed by atoms with van der Waals surface area (Å²) in [6, 6.07) is 3.51. The van der Waals surface area contributed by atoms with Gasteiger partial charge in [-0.15, -0.1) is 0 Å². The lowest BCUT2D eigenvalue weighted by molar-refractivity contribution is -0.143. The van der Waals surface area contributed by atoms with E-state index < -0.39 is 0 Å². The molecule has 0 atom stereocenters. The Labute approximate surface area is 121 Å². The van der Waals surface area contributed by atoms with Crippen LogP contribution in [0.5, 0.6) is 0 Å². The van der Waals surface area contributed by atoms with Crippen molar-refractivity contribution < 1.29 is 9.53 Å². The first-order valence-corrected chi connectivity index (χ1v) is 6.61. The van der Waals surface area contributed by atoms with Gasteiger partial charge in [-0.05, 0) is 19.1 Å². The summed E-state index contributed by atoms with van der Waals surface area (Å²) >= 11 is 5.25. The minimum absolute atomic E-state index is 0.246. The predicted octanol–water partition coefficient (Wildman–Crippen LogP) is 2.02. The molecule has 0 aliphatic rings. The summed E-state index contributed by atoms with van der Waals surface area (Å²) in [7, 11) is 0. The van der Waals surface area contributed by atoms with Crippen molar-refractivity contribution in [2.24, 2.45) is 0 Å². The van der Waals surface area contributed by atoms with Gasteiger partial charge in [-0.25, -0.2) is 9.97 Å². The third-order valence-electron chi connectivity index (χ3n) is 2.53. The van der Waals surface area contributed by atoms with Gasteiger partial charge in [0.1, 0.15) is 4.64 Å². The van der Waals surface area contributed by atoms with Gasteiger partial charge in [0.2, 0.25) is 0 Å². The zero-order valence-corrected chi connectivity index (χ0v) is 11.8. The van der Waals surface area contributed by atoms with E-state index in [4.69, 9.17) is 17.0 Å². The van der Waals surface area contributed by atoms with Crippen LogP contribution in [0.4, 0.5) is 0 Å². The first kappa shape index (κ1) is 14.3. The van der Waals surface area contributed by atoms with Crippen LogP contribution in [-0.2, 0) is 16.1 Å². The molecule has 0 aliphatic carbocycles.